The maximum atomic E-state index is 6.19. The molecule has 2 aromatic carbocycles. The van der Waals surface area contributed by atoms with Crippen molar-refractivity contribution in [1.82, 2.24) is 14.9 Å². The zero-order valence-corrected chi connectivity index (χ0v) is 15.3. The molecule has 0 fully saturated rings. The molecule has 25 heavy (non-hydrogen) atoms. The van der Waals surface area contributed by atoms with E-state index in [1.54, 1.807) is 29.0 Å². The first-order valence-corrected chi connectivity index (χ1v) is 9.12. The molecule has 3 rings (SSSR count). The van der Waals surface area contributed by atoms with Gasteiger partial charge in [0.2, 0.25) is 5.16 Å². The van der Waals surface area contributed by atoms with Gasteiger partial charge in [-0.15, -0.1) is 10.2 Å². The van der Waals surface area contributed by atoms with Gasteiger partial charge < -0.3 is 0 Å². The molecule has 1 heterocycles. The molecule has 3 aromatic rings. The van der Waals surface area contributed by atoms with Gasteiger partial charge in [0.1, 0.15) is 6.33 Å². The molecule has 0 spiro atoms. The highest BCUT2D eigenvalue weighted by Crippen LogP contribution is 2.25. The van der Waals surface area contributed by atoms with Crippen LogP contribution in [0.5, 0.6) is 0 Å². The summed E-state index contributed by atoms with van der Waals surface area (Å²) in [5.74, 6) is 0.715. The molecule has 6 heteroatoms. The highest BCUT2D eigenvalue weighted by Gasteiger charge is 2.06. The van der Waals surface area contributed by atoms with E-state index in [4.69, 9.17) is 11.6 Å². The Bertz CT molecular complexity index is 887. The highest BCUT2D eigenvalue weighted by atomic mass is 35.5. The Balaban J connectivity index is 1.67. The molecular weight excluding hydrogens is 352 g/mol. The Kier molecular flexibility index (Phi) is 6.04. The summed E-state index contributed by atoms with van der Waals surface area (Å²) in [6.45, 7) is 2.01. The first-order chi connectivity index (χ1) is 12.2. The van der Waals surface area contributed by atoms with Gasteiger partial charge in [0.05, 0.1) is 6.21 Å². The Morgan fingerprint density at radius 3 is 2.72 bits per heavy atom. The Labute approximate surface area is 156 Å². The van der Waals surface area contributed by atoms with Crippen LogP contribution in [-0.2, 0) is 5.75 Å². The van der Waals surface area contributed by atoms with Crippen LogP contribution in [0.3, 0.4) is 0 Å². The van der Waals surface area contributed by atoms with E-state index in [1.807, 2.05) is 49.4 Å². The summed E-state index contributed by atoms with van der Waals surface area (Å²) in [5.41, 5.74) is 3.25. The minimum absolute atomic E-state index is 0.715. The van der Waals surface area contributed by atoms with E-state index in [0.717, 1.165) is 26.9 Å². The Hall–Kier alpha value is -2.37. The van der Waals surface area contributed by atoms with E-state index >= 15 is 0 Å². The van der Waals surface area contributed by atoms with Gasteiger partial charge in [-0.25, -0.2) is 0 Å². The van der Waals surface area contributed by atoms with Crippen LogP contribution in [0, 0.1) is 0 Å². The number of benzene rings is 2. The van der Waals surface area contributed by atoms with Gasteiger partial charge in [0.15, 0.2) is 0 Å². The lowest BCUT2D eigenvalue weighted by Crippen LogP contribution is -1.93. The summed E-state index contributed by atoms with van der Waals surface area (Å²) >= 11 is 7.74. The number of thioether (sulfide) groups is 1. The van der Waals surface area contributed by atoms with Gasteiger partial charge in [-0.1, -0.05) is 78.0 Å². The van der Waals surface area contributed by atoms with Crippen molar-refractivity contribution in [2.24, 2.45) is 5.10 Å². The van der Waals surface area contributed by atoms with Crippen LogP contribution >= 0.6 is 23.4 Å². The van der Waals surface area contributed by atoms with Crippen LogP contribution in [0.2, 0.25) is 5.02 Å². The molecule has 0 radical (unpaired) electrons. The lowest BCUT2D eigenvalue weighted by Gasteiger charge is -2.03. The zero-order valence-electron chi connectivity index (χ0n) is 13.7. The number of nitrogens with zero attached hydrogens (tertiary/aromatic N) is 4. The molecule has 0 unspecified atom stereocenters. The fraction of sp³-hybridized carbons (Fsp3) is 0.105. The minimum Gasteiger partial charge on any atom is -0.195 e. The third-order valence-electron chi connectivity index (χ3n) is 3.39. The molecule has 0 amide bonds. The molecule has 4 nitrogen and oxygen atoms in total. The topological polar surface area (TPSA) is 43.1 Å². The van der Waals surface area contributed by atoms with Crippen molar-refractivity contribution in [3.05, 3.63) is 82.6 Å². The van der Waals surface area contributed by atoms with Gasteiger partial charge in [0.25, 0.3) is 0 Å². The van der Waals surface area contributed by atoms with Gasteiger partial charge in [-0.05, 0) is 29.7 Å². The van der Waals surface area contributed by atoms with E-state index in [0.29, 0.717) is 5.75 Å². The molecule has 126 valence electrons. The van der Waals surface area contributed by atoms with Crippen LogP contribution in [0.1, 0.15) is 18.1 Å². The number of halogens is 1. The fourth-order valence-electron chi connectivity index (χ4n) is 2.15. The second-order valence-corrected chi connectivity index (χ2v) is 6.73. The second kappa shape index (κ2) is 8.65. The lowest BCUT2D eigenvalue weighted by atomic mass is 10.1. The Morgan fingerprint density at radius 1 is 1.16 bits per heavy atom. The van der Waals surface area contributed by atoms with Gasteiger partial charge in [-0.2, -0.15) is 9.78 Å². The van der Waals surface area contributed by atoms with Crippen molar-refractivity contribution in [2.75, 3.05) is 0 Å². The summed E-state index contributed by atoms with van der Waals surface area (Å²) in [4.78, 5) is 0. The second-order valence-electron chi connectivity index (χ2n) is 5.38. The Morgan fingerprint density at radius 2 is 1.92 bits per heavy atom. The molecule has 0 atom stereocenters. The van der Waals surface area contributed by atoms with E-state index < -0.39 is 0 Å². The van der Waals surface area contributed by atoms with Crippen molar-refractivity contribution in [2.45, 2.75) is 17.8 Å². The van der Waals surface area contributed by atoms with E-state index in [1.165, 1.54) is 0 Å². The first-order valence-electron chi connectivity index (χ1n) is 7.76. The molecule has 0 saturated heterocycles. The standard InChI is InChI=1S/C19H17ClN4S/c1-15(11-16-7-3-2-4-8-16)12-22-24-14-21-23-19(24)25-13-17-9-5-6-10-18(17)20/h2-12,14H,13H2,1H3/b15-11-,22-12+. The number of rotatable bonds is 6. The molecule has 0 bridgehead atoms. The number of aromatic nitrogens is 3. The fourth-order valence-corrected chi connectivity index (χ4v) is 3.30. The average Bonchev–Trinajstić information content (AvgIpc) is 3.08. The zero-order chi connectivity index (χ0) is 17.5. The maximum Gasteiger partial charge on any atom is 0.212 e. The largest absolute Gasteiger partial charge is 0.212 e. The number of hydrogen-bond donors (Lipinski definition) is 0. The molecule has 0 N–H and O–H groups in total. The van der Waals surface area contributed by atoms with Crippen LogP contribution in [0.25, 0.3) is 6.08 Å². The summed E-state index contributed by atoms with van der Waals surface area (Å²) < 4.78 is 1.67. The van der Waals surface area contributed by atoms with E-state index in [2.05, 4.69) is 33.5 Å². The third-order valence-corrected chi connectivity index (χ3v) is 4.75. The van der Waals surface area contributed by atoms with Crippen LogP contribution in [0.4, 0.5) is 0 Å². The van der Waals surface area contributed by atoms with Crippen molar-refractivity contribution >= 4 is 35.7 Å². The van der Waals surface area contributed by atoms with Crippen molar-refractivity contribution in [3.8, 4) is 0 Å². The molecule has 0 aliphatic heterocycles. The highest BCUT2D eigenvalue weighted by molar-refractivity contribution is 7.98. The third kappa shape index (κ3) is 5.05. The molecule has 0 aliphatic rings. The van der Waals surface area contributed by atoms with E-state index in [-0.39, 0.29) is 0 Å². The smallest absolute Gasteiger partial charge is 0.195 e. The van der Waals surface area contributed by atoms with Crippen LogP contribution < -0.4 is 0 Å². The van der Waals surface area contributed by atoms with Crippen molar-refractivity contribution < 1.29 is 0 Å². The summed E-state index contributed by atoms with van der Waals surface area (Å²) in [5, 5.41) is 14.0. The normalized spacial score (nSPS) is 12.0. The van der Waals surface area contributed by atoms with Crippen molar-refractivity contribution in [1.29, 1.82) is 0 Å². The molecule has 1 aromatic heterocycles. The monoisotopic (exact) mass is 368 g/mol. The SMILES string of the molecule is CC(=C/c1ccccc1)/C=N/n1cnnc1SCc1ccccc1Cl. The average molecular weight is 369 g/mol. The number of hydrogen-bond acceptors (Lipinski definition) is 4. The summed E-state index contributed by atoms with van der Waals surface area (Å²) in [7, 11) is 0. The number of allylic oxidation sites excluding steroid dienone is 1. The predicted octanol–water partition coefficient (Wildman–Crippen LogP) is 5.16. The van der Waals surface area contributed by atoms with Gasteiger partial charge in [0, 0.05) is 10.8 Å². The summed E-state index contributed by atoms with van der Waals surface area (Å²) in [6.07, 6.45) is 5.47. The predicted molar refractivity (Wildman–Crippen MR) is 105 cm³/mol. The van der Waals surface area contributed by atoms with Crippen molar-refractivity contribution in [3.63, 3.8) is 0 Å². The maximum absolute atomic E-state index is 6.19. The van der Waals surface area contributed by atoms with E-state index in [9.17, 15) is 0 Å². The molecule has 0 saturated carbocycles. The van der Waals surface area contributed by atoms with Crippen LogP contribution in [0.15, 0.2) is 76.8 Å². The van der Waals surface area contributed by atoms with Gasteiger partial charge >= 0.3 is 0 Å². The summed E-state index contributed by atoms with van der Waals surface area (Å²) in [6, 6.07) is 17.9. The minimum atomic E-state index is 0.715. The van der Waals surface area contributed by atoms with Gasteiger partial charge in [-0.3, -0.25) is 0 Å². The quantitative estimate of drug-likeness (QED) is 0.445. The van der Waals surface area contributed by atoms with Crippen LogP contribution in [-0.4, -0.2) is 21.1 Å². The molecule has 0 aliphatic carbocycles. The lowest BCUT2D eigenvalue weighted by molar-refractivity contribution is 0.766. The first kappa shape index (κ1) is 17.5. The molecular formula is C19H17ClN4S.